The second-order valence-electron chi connectivity index (χ2n) is 8.64. The summed E-state index contributed by atoms with van der Waals surface area (Å²) in [5.74, 6) is 3.97. The molecule has 27 heavy (non-hydrogen) atoms. The Bertz CT molecular complexity index is 673. The number of piperazine rings is 1. The molecule has 6 heteroatoms. The summed E-state index contributed by atoms with van der Waals surface area (Å²) in [7, 11) is 0. The standard InChI is InChI=1S/C21H34N4O2/c1-14(2)20-11-18(12-21-23-22-16(4)27-21)15(3)10-19(20)13-24-6-8-25(9-7-24)17(5)26/h10,14,18-20H,6-9,11-13H2,1-5H3. The van der Waals surface area contributed by atoms with E-state index in [9.17, 15) is 4.79 Å². The molecule has 1 aromatic heterocycles. The first kappa shape index (κ1) is 20.1. The van der Waals surface area contributed by atoms with Gasteiger partial charge in [0.05, 0.1) is 0 Å². The normalized spacial score (nSPS) is 27.1. The summed E-state index contributed by atoms with van der Waals surface area (Å²) in [6, 6.07) is 0. The lowest BCUT2D eigenvalue weighted by Crippen LogP contribution is -2.50. The number of hydrogen-bond donors (Lipinski definition) is 0. The topological polar surface area (TPSA) is 62.5 Å². The van der Waals surface area contributed by atoms with Crippen molar-refractivity contribution in [3.8, 4) is 0 Å². The number of amides is 1. The van der Waals surface area contributed by atoms with E-state index in [1.54, 1.807) is 6.92 Å². The molecule has 0 N–H and O–H groups in total. The number of hydrogen-bond acceptors (Lipinski definition) is 5. The molecule has 0 bridgehead atoms. The number of carbonyl (C=O) groups is 1. The number of allylic oxidation sites excluding steroid dienone is 1. The number of nitrogens with zero attached hydrogens (tertiary/aromatic N) is 4. The van der Waals surface area contributed by atoms with Crippen LogP contribution in [0.5, 0.6) is 0 Å². The quantitative estimate of drug-likeness (QED) is 0.742. The van der Waals surface area contributed by atoms with E-state index in [-0.39, 0.29) is 5.91 Å². The third-order valence-corrected chi connectivity index (χ3v) is 6.36. The number of carbonyl (C=O) groups excluding carboxylic acids is 1. The summed E-state index contributed by atoms with van der Waals surface area (Å²) in [5, 5.41) is 8.17. The third kappa shape index (κ3) is 4.98. The Labute approximate surface area is 163 Å². The fourth-order valence-electron chi connectivity index (χ4n) is 4.66. The van der Waals surface area contributed by atoms with E-state index >= 15 is 0 Å². The van der Waals surface area contributed by atoms with Gasteiger partial charge in [0, 0.05) is 53.0 Å². The molecule has 150 valence electrons. The van der Waals surface area contributed by atoms with Crippen LogP contribution in [-0.2, 0) is 11.2 Å². The molecule has 1 fully saturated rings. The maximum Gasteiger partial charge on any atom is 0.219 e. The summed E-state index contributed by atoms with van der Waals surface area (Å²) in [6.45, 7) is 15.2. The summed E-state index contributed by atoms with van der Waals surface area (Å²) in [4.78, 5) is 16.0. The van der Waals surface area contributed by atoms with Crippen molar-refractivity contribution in [2.45, 2.75) is 47.5 Å². The van der Waals surface area contributed by atoms with Gasteiger partial charge in [-0.1, -0.05) is 25.5 Å². The van der Waals surface area contributed by atoms with Gasteiger partial charge >= 0.3 is 0 Å². The largest absolute Gasteiger partial charge is 0.426 e. The molecule has 3 unspecified atom stereocenters. The minimum absolute atomic E-state index is 0.196. The molecule has 0 radical (unpaired) electrons. The summed E-state index contributed by atoms with van der Waals surface area (Å²) >= 11 is 0. The SMILES string of the molecule is CC(=O)N1CCN(CC2C=C(C)C(Cc3nnc(C)o3)CC2C(C)C)CC1. The fourth-order valence-corrected chi connectivity index (χ4v) is 4.66. The van der Waals surface area contributed by atoms with E-state index in [2.05, 4.69) is 41.9 Å². The van der Waals surface area contributed by atoms with E-state index in [1.807, 2.05) is 11.8 Å². The fraction of sp³-hybridized carbons (Fsp3) is 0.762. The van der Waals surface area contributed by atoms with Crippen LogP contribution in [-0.4, -0.2) is 58.6 Å². The smallest absolute Gasteiger partial charge is 0.219 e. The minimum atomic E-state index is 0.196. The molecular weight excluding hydrogens is 340 g/mol. The summed E-state index contributed by atoms with van der Waals surface area (Å²) in [6.07, 6.45) is 4.52. The second kappa shape index (κ2) is 8.55. The lowest BCUT2D eigenvalue weighted by molar-refractivity contribution is -0.130. The van der Waals surface area contributed by atoms with Crippen molar-refractivity contribution in [2.75, 3.05) is 32.7 Å². The van der Waals surface area contributed by atoms with E-state index in [1.165, 1.54) is 12.0 Å². The summed E-state index contributed by atoms with van der Waals surface area (Å²) in [5.41, 5.74) is 1.45. The average molecular weight is 375 g/mol. The van der Waals surface area contributed by atoms with Gasteiger partial charge in [0.1, 0.15) is 0 Å². The molecule has 0 aromatic carbocycles. The molecule has 1 amide bonds. The van der Waals surface area contributed by atoms with Crippen molar-refractivity contribution in [3.05, 3.63) is 23.4 Å². The van der Waals surface area contributed by atoms with Crippen LogP contribution in [0.15, 0.2) is 16.1 Å². The maximum absolute atomic E-state index is 11.5. The average Bonchev–Trinajstić information content (AvgIpc) is 3.02. The van der Waals surface area contributed by atoms with E-state index in [4.69, 9.17) is 4.42 Å². The molecule has 1 aliphatic heterocycles. The van der Waals surface area contributed by atoms with Gasteiger partial charge in [0.15, 0.2) is 0 Å². The van der Waals surface area contributed by atoms with Crippen LogP contribution in [0.3, 0.4) is 0 Å². The van der Waals surface area contributed by atoms with Gasteiger partial charge < -0.3 is 9.32 Å². The Morgan fingerprint density at radius 2 is 1.93 bits per heavy atom. The van der Waals surface area contributed by atoms with E-state index in [0.717, 1.165) is 45.0 Å². The molecular formula is C21H34N4O2. The van der Waals surface area contributed by atoms with Crippen LogP contribution in [0.4, 0.5) is 0 Å². The molecule has 3 atom stereocenters. The molecule has 1 aromatic rings. The number of rotatable bonds is 5. The highest BCUT2D eigenvalue weighted by atomic mass is 16.4. The van der Waals surface area contributed by atoms with Crippen LogP contribution >= 0.6 is 0 Å². The first-order chi connectivity index (χ1) is 12.8. The Kier molecular flexibility index (Phi) is 6.35. The van der Waals surface area contributed by atoms with E-state index < -0.39 is 0 Å². The minimum Gasteiger partial charge on any atom is -0.426 e. The second-order valence-corrected chi connectivity index (χ2v) is 8.64. The zero-order chi connectivity index (χ0) is 19.6. The number of aryl methyl sites for hydroxylation is 1. The lowest BCUT2D eigenvalue weighted by atomic mass is 9.69. The Balaban J connectivity index is 1.65. The highest BCUT2D eigenvalue weighted by Gasteiger charge is 2.34. The van der Waals surface area contributed by atoms with Crippen molar-refractivity contribution in [2.24, 2.45) is 23.7 Å². The molecule has 1 aliphatic carbocycles. The van der Waals surface area contributed by atoms with Gasteiger partial charge in [-0.05, 0) is 37.0 Å². The highest BCUT2D eigenvalue weighted by Crippen LogP contribution is 2.39. The molecule has 1 saturated heterocycles. The van der Waals surface area contributed by atoms with Crippen molar-refractivity contribution < 1.29 is 9.21 Å². The Morgan fingerprint density at radius 3 is 2.48 bits per heavy atom. The molecule has 6 nitrogen and oxygen atoms in total. The number of aromatic nitrogens is 2. The van der Waals surface area contributed by atoms with Gasteiger partial charge in [-0.2, -0.15) is 0 Å². The molecule has 0 spiro atoms. The lowest BCUT2D eigenvalue weighted by Gasteiger charge is -2.41. The van der Waals surface area contributed by atoms with Crippen LogP contribution < -0.4 is 0 Å². The highest BCUT2D eigenvalue weighted by molar-refractivity contribution is 5.73. The monoisotopic (exact) mass is 374 g/mol. The van der Waals surface area contributed by atoms with Gasteiger partial charge in [0.2, 0.25) is 17.7 Å². The van der Waals surface area contributed by atoms with Crippen molar-refractivity contribution in [3.63, 3.8) is 0 Å². The van der Waals surface area contributed by atoms with Crippen LogP contribution in [0, 0.1) is 30.6 Å². The van der Waals surface area contributed by atoms with Gasteiger partial charge in [-0.3, -0.25) is 9.69 Å². The van der Waals surface area contributed by atoms with E-state index in [0.29, 0.717) is 29.6 Å². The Hall–Kier alpha value is -1.69. The molecule has 3 rings (SSSR count). The molecule has 2 heterocycles. The summed E-state index contributed by atoms with van der Waals surface area (Å²) < 4.78 is 5.62. The predicted molar refractivity (Wildman–Crippen MR) is 105 cm³/mol. The predicted octanol–water partition coefficient (Wildman–Crippen LogP) is 2.94. The van der Waals surface area contributed by atoms with Crippen molar-refractivity contribution in [1.29, 1.82) is 0 Å². The van der Waals surface area contributed by atoms with Crippen molar-refractivity contribution >= 4 is 5.91 Å². The molecule has 2 aliphatic rings. The zero-order valence-electron chi connectivity index (χ0n) is 17.4. The van der Waals surface area contributed by atoms with Crippen LogP contribution in [0.1, 0.15) is 45.9 Å². The van der Waals surface area contributed by atoms with Gasteiger partial charge in [-0.25, -0.2) is 0 Å². The van der Waals surface area contributed by atoms with Crippen LogP contribution in [0.2, 0.25) is 0 Å². The molecule has 0 saturated carbocycles. The zero-order valence-corrected chi connectivity index (χ0v) is 17.4. The first-order valence-corrected chi connectivity index (χ1v) is 10.3. The van der Waals surface area contributed by atoms with Gasteiger partial charge in [0.25, 0.3) is 0 Å². The first-order valence-electron chi connectivity index (χ1n) is 10.3. The third-order valence-electron chi connectivity index (χ3n) is 6.36. The van der Waals surface area contributed by atoms with Crippen molar-refractivity contribution in [1.82, 2.24) is 20.0 Å². The van der Waals surface area contributed by atoms with Crippen LogP contribution in [0.25, 0.3) is 0 Å². The Morgan fingerprint density at radius 1 is 1.22 bits per heavy atom. The maximum atomic E-state index is 11.5. The van der Waals surface area contributed by atoms with Gasteiger partial charge in [-0.15, -0.1) is 10.2 Å².